The Labute approximate surface area is 111 Å². The van der Waals surface area contributed by atoms with Crippen LogP contribution < -0.4 is 5.32 Å². The topological polar surface area (TPSA) is 62.2 Å². The highest BCUT2D eigenvalue weighted by molar-refractivity contribution is 7.09. The fourth-order valence-electron chi connectivity index (χ4n) is 2.21. The predicted octanol–water partition coefficient (Wildman–Crippen LogP) is 2.65. The molecule has 2 rings (SSSR count). The van der Waals surface area contributed by atoms with Crippen LogP contribution in [0.15, 0.2) is 5.38 Å². The van der Waals surface area contributed by atoms with Gasteiger partial charge in [0.05, 0.1) is 0 Å². The van der Waals surface area contributed by atoms with Crippen molar-refractivity contribution in [2.75, 3.05) is 0 Å². The lowest BCUT2D eigenvalue weighted by molar-refractivity contribution is -0.145. The fraction of sp³-hybridized carbons (Fsp3) is 0.636. The molecule has 1 aliphatic rings. The van der Waals surface area contributed by atoms with E-state index in [1.165, 1.54) is 0 Å². The molecule has 0 radical (unpaired) electrons. The Morgan fingerprint density at radius 3 is 2.58 bits per heavy atom. The summed E-state index contributed by atoms with van der Waals surface area (Å²) in [4.78, 5) is 14.7. The largest absolute Gasteiger partial charge is 0.480 e. The van der Waals surface area contributed by atoms with Gasteiger partial charge in [-0.3, -0.25) is 10.1 Å². The van der Waals surface area contributed by atoms with Crippen molar-refractivity contribution in [3.05, 3.63) is 16.1 Å². The number of halogens is 3. The molecule has 19 heavy (non-hydrogen) atoms. The van der Waals surface area contributed by atoms with E-state index in [-0.39, 0.29) is 11.6 Å². The molecule has 0 aliphatic heterocycles. The molecule has 0 amide bonds. The average Bonchev–Trinajstić information content (AvgIpc) is 2.96. The third-order valence-corrected chi connectivity index (χ3v) is 4.14. The van der Waals surface area contributed by atoms with Gasteiger partial charge in [0.2, 0.25) is 0 Å². The van der Waals surface area contributed by atoms with Gasteiger partial charge in [0, 0.05) is 11.9 Å². The van der Waals surface area contributed by atoms with Crippen molar-refractivity contribution in [3.63, 3.8) is 0 Å². The summed E-state index contributed by atoms with van der Waals surface area (Å²) in [7, 11) is 0. The quantitative estimate of drug-likeness (QED) is 0.896. The van der Waals surface area contributed by atoms with E-state index in [4.69, 9.17) is 0 Å². The normalized spacial score (nSPS) is 18.7. The van der Waals surface area contributed by atoms with Gasteiger partial charge >= 0.3 is 12.1 Å². The van der Waals surface area contributed by atoms with Gasteiger partial charge < -0.3 is 5.11 Å². The van der Waals surface area contributed by atoms with Gasteiger partial charge in [-0.2, -0.15) is 13.2 Å². The number of aliphatic carboxylic acids is 1. The summed E-state index contributed by atoms with van der Waals surface area (Å²) >= 11 is 0.884. The minimum atomic E-state index is -4.45. The van der Waals surface area contributed by atoms with Crippen LogP contribution in [0.5, 0.6) is 0 Å². The highest BCUT2D eigenvalue weighted by Gasteiger charge is 2.41. The van der Waals surface area contributed by atoms with E-state index in [0.29, 0.717) is 12.8 Å². The number of aromatic nitrogens is 1. The number of hydrogen-bond donors (Lipinski definition) is 2. The van der Waals surface area contributed by atoms with E-state index in [1.54, 1.807) is 0 Å². The van der Waals surface area contributed by atoms with Crippen LogP contribution in [0.4, 0.5) is 13.2 Å². The Kier molecular flexibility index (Phi) is 3.82. The number of carbonyl (C=O) groups is 1. The Morgan fingerprint density at radius 1 is 1.47 bits per heavy atom. The molecule has 0 atom stereocenters. The van der Waals surface area contributed by atoms with Crippen molar-refractivity contribution < 1.29 is 23.1 Å². The lowest BCUT2D eigenvalue weighted by Crippen LogP contribution is -2.49. The molecular weight excluding hydrogens is 281 g/mol. The summed E-state index contributed by atoms with van der Waals surface area (Å²) in [6, 6.07) is 0. The van der Waals surface area contributed by atoms with E-state index in [2.05, 4.69) is 10.3 Å². The van der Waals surface area contributed by atoms with E-state index < -0.39 is 23.4 Å². The predicted molar refractivity (Wildman–Crippen MR) is 62.8 cm³/mol. The summed E-state index contributed by atoms with van der Waals surface area (Å²) < 4.78 is 37.1. The maximum atomic E-state index is 12.4. The SMILES string of the molecule is O=C(O)C1(NCc2nc(C(F)(F)F)cs2)CCCC1. The molecule has 0 spiro atoms. The van der Waals surface area contributed by atoms with Gasteiger partial charge in [-0.1, -0.05) is 12.8 Å². The highest BCUT2D eigenvalue weighted by atomic mass is 32.1. The minimum Gasteiger partial charge on any atom is -0.480 e. The maximum absolute atomic E-state index is 12.4. The van der Waals surface area contributed by atoms with Crippen LogP contribution in [0.1, 0.15) is 36.4 Å². The Hall–Kier alpha value is -1.15. The summed E-state index contributed by atoms with van der Waals surface area (Å²) in [5.41, 5.74) is -1.94. The summed E-state index contributed by atoms with van der Waals surface area (Å²) in [6.07, 6.45) is -1.83. The molecule has 0 aromatic carbocycles. The molecule has 0 saturated heterocycles. The third-order valence-electron chi connectivity index (χ3n) is 3.29. The van der Waals surface area contributed by atoms with Crippen LogP contribution in [0.3, 0.4) is 0 Å². The van der Waals surface area contributed by atoms with Crippen molar-refractivity contribution >= 4 is 17.3 Å². The van der Waals surface area contributed by atoms with Gasteiger partial charge in [0.15, 0.2) is 5.69 Å². The zero-order chi connectivity index (χ0) is 14.1. The molecule has 1 aromatic rings. The zero-order valence-corrected chi connectivity index (χ0v) is 10.8. The molecule has 0 bridgehead atoms. The molecule has 1 heterocycles. The standard InChI is InChI=1S/C11H13F3N2O2S/c12-11(13,14)7-6-19-8(16-7)5-15-10(9(17)18)3-1-2-4-10/h6,15H,1-5H2,(H,17,18). The molecule has 2 N–H and O–H groups in total. The Bertz CT molecular complexity index is 467. The van der Waals surface area contributed by atoms with E-state index >= 15 is 0 Å². The van der Waals surface area contributed by atoms with Crippen molar-refractivity contribution in [2.45, 2.75) is 43.9 Å². The Morgan fingerprint density at radius 2 is 2.11 bits per heavy atom. The van der Waals surface area contributed by atoms with Gasteiger partial charge in [0.25, 0.3) is 0 Å². The first-order valence-corrected chi connectivity index (χ1v) is 6.71. The zero-order valence-electron chi connectivity index (χ0n) is 9.96. The minimum absolute atomic E-state index is 0.0487. The van der Waals surface area contributed by atoms with Crippen molar-refractivity contribution in [2.24, 2.45) is 0 Å². The van der Waals surface area contributed by atoms with Crippen LogP contribution in [0.2, 0.25) is 0 Å². The number of rotatable bonds is 4. The number of hydrogen-bond acceptors (Lipinski definition) is 4. The third kappa shape index (κ3) is 3.06. The molecule has 1 saturated carbocycles. The molecular formula is C11H13F3N2O2S. The molecule has 0 unspecified atom stereocenters. The first-order chi connectivity index (χ1) is 8.83. The van der Waals surface area contributed by atoms with Crippen LogP contribution >= 0.6 is 11.3 Å². The Balaban J connectivity index is 2.02. The average molecular weight is 294 g/mol. The van der Waals surface area contributed by atoms with Gasteiger partial charge in [-0.15, -0.1) is 11.3 Å². The molecule has 1 fully saturated rings. The second kappa shape index (κ2) is 5.09. The van der Waals surface area contributed by atoms with Gasteiger partial charge in [-0.25, -0.2) is 4.98 Å². The smallest absolute Gasteiger partial charge is 0.434 e. The van der Waals surface area contributed by atoms with Crippen LogP contribution in [0.25, 0.3) is 0 Å². The second-order valence-corrected chi connectivity index (χ2v) is 5.51. The first kappa shape index (κ1) is 14.3. The number of alkyl halides is 3. The van der Waals surface area contributed by atoms with Crippen LogP contribution in [0, 0.1) is 0 Å². The molecule has 8 heteroatoms. The van der Waals surface area contributed by atoms with E-state index in [0.717, 1.165) is 29.6 Å². The van der Waals surface area contributed by atoms with Crippen molar-refractivity contribution in [3.8, 4) is 0 Å². The van der Waals surface area contributed by atoms with Crippen molar-refractivity contribution in [1.82, 2.24) is 10.3 Å². The van der Waals surface area contributed by atoms with Gasteiger partial charge in [0.1, 0.15) is 10.5 Å². The fourth-order valence-corrected chi connectivity index (χ4v) is 2.95. The van der Waals surface area contributed by atoms with E-state index in [1.807, 2.05) is 0 Å². The number of nitrogens with zero attached hydrogens (tertiary/aromatic N) is 1. The second-order valence-electron chi connectivity index (χ2n) is 4.57. The molecule has 1 aromatic heterocycles. The summed E-state index contributed by atoms with van der Waals surface area (Å²) in [5, 5.41) is 13.3. The summed E-state index contributed by atoms with van der Waals surface area (Å²) in [6.45, 7) is 0.0487. The number of carboxylic acid groups (broad SMARTS) is 1. The highest BCUT2D eigenvalue weighted by Crippen LogP contribution is 2.32. The van der Waals surface area contributed by atoms with Crippen molar-refractivity contribution in [1.29, 1.82) is 0 Å². The summed E-state index contributed by atoms with van der Waals surface area (Å²) in [5.74, 6) is -0.947. The van der Waals surface area contributed by atoms with E-state index in [9.17, 15) is 23.1 Å². The molecule has 1 aliphatic carbocycles. The lowest BCUT2D eigenvalue weighted by Gasteiger charge is -2.24. The number of thiazole rings is 1. The maximum Gasteiger partial charge on any atom is 0.434 e. The lowest BCUT2D eigenvalue weighted by atomic mass is 9.98. The van der Waals surface area contributed by atoms with Crippen LogP contribution in [-0.4, -0.2) is 21.6 Å². The number of nitrogens with one attached hydrogen (secondary N) is 1. The molecule has 4 nitrogen and oxygen atoms in total. The molecule has 106 valence electrons. The monoisotopic (exact) mass is 294 g/mol. The first-order valence-electron chi connectivity index (χ1n) is 5.83. The van der Waals surface area contributed by atoms with Crippen LogP contribution in [-0.2, 0) is 17.5 Å². The van der Waals surface area contributed by atoms with Gasteiger partial charge in [-0.05, 0) is 12.8 Å². The number of carboxylic acids is 1.